The van der Waals surface area contributed by atoms with Crippen molar-refractivity contribution in [2.24, 2.45) is 0 Å². The van der Waals surface area contributed by atoms with E-state index in [0.29, 0.717) is 10.7 Å². The summed E-state index contributed by atoms with van der Waals surface area (Å²) in [5.74, 6) is 0. The van der Waals surface area contributed by atoms with E-state index in [-0.39, 0.29) is 0 Å². The molecule has 0 amide bonds. The molecule has 1 aromatic carbocycles. The molecule has 0 saturated heterocycles. The van der Waals surface area contributed by atoms with Crippen molar-refractivity contribution in [1.82, 2.24) is 9.78 Å². The Balaban J connectivity index is 2.55. The first-order valence-electron chi connectivity index (χ1n) is 5.79. The molecule has 2 aromatic rings. The normalized spacial score (nSPS) is 10.8. The predicted octanol–water partition coefficient (Wildman–Crippen LogP) is 3.23. The summed E-state index contributed by atoms with van der Waals surface area (Å²) in [5.41, 5.74) is 9.49. The number of hydrogen-bond donors (Lipinski definition) is 1. The van der Waals surface area contributed by atoms with Crippen molar-refractivity contribution in [2.75, 3.05) is 5.73 Å². The van der Waals surface area contributed by atoms with E-state index in [2.05, 4.69) is 25.0 Å². The Morgan fingerprint density at radius 3 is 2.59 bits per heavy atom. The smallest absolute Gasteiger partial charge is 0.0836 e. The minimum absolute atomic E-state index is 0.630. The van der Waals surface area contributed by atoms with Crippen molar-refractivity contribution in [3.63, 3.8) is 0 Å². The highest BCUT2D eigenvalue weighted by molar-refractivity contribution is 6.32. The summed E-state index contributed by atoms with van der Waals surface area (Å²) >= 11 is 6.20. The molecule has 0 spiro atoms. The highest BCUT2D eigenvalue weighted by Gasteiger charge is 2.10. The van der Waals surface area contributed by atoms with Crippen LogP contribution in [0.3, 0.4) is 0 Å². The average molecular weight is 250 g/mol. The van der Waals surface area contributed by atoms with Gasteiger partial charge in [-0.1, -0.05) is 25.4 Å². The van der Waals surface area contributed by atoms with Gasteiger partial charge in [0.1, 0.15) is 0 Å². The number of nitrogens with zero attached hydrogens (tertiary/aromatic N) is 2. The molecule has 0 radical (unpaired) electrons. The molecule has 90 valence electrons. The van der Waals surface area contributed by atoms with Crippen LogP contribution in [0.5, 0.6) is 0 Å². The van der Waals surface area contributed by atoms with Crippen LogP contribution in [0.25, 0.3) is 5.69 Å². The molecule has 0 fully saturated rings. The number of aryl methyl sites for hydroxylation is 2. The molecular formula is C13H16ClN3. The van der Waals surface area contributed by atoms with Gasteiger partial charge in [-0.3, -0.25) is 0 Å². The number of benzene rings is 1. The van der Waals surface area contributed by atoms with Crippen LogP contribution in [-0.2, 0) is 12.8 Å². The van der Waals surface area contributed by atoms with Crippen LogP contribution in [0.1, 0.15) is 25.2 Å². The van der Waals surface area contributed by atoms with Crippen molar-refractivity contribution in [1.29, 1.82) is 0 Å². The molecule has 0 aliphatic carbocycles. The quantitative estimate of drug-likeness (QED) is 0.849. The number of rotatable bonds is 3. The van der Waals surface area contributed by atoms with Crippen molar-refractivity contribution < 1.29 is 0 Å². The third kappa shape index (κ3) is 2.29. The number of nitrogens with two attached hydrogens (primary N) is 1. The van der Waals surface area contributed by atoms with E-state index in [1.165, 1.54) is 0 Å². The molecule has 0 aliphatic rings. The molecule has 0 saturated carbocycles. The van der Waals surface area contributed by atoms with Crippen LogP contribution < -0.4 is 5.73 Å². The maximum atomic E-state index is 6.20. The van der Waals surface area contributed by atoms with Gasteiger partial charge in [0.15, 0.2) is 0 Å². The third-order valence-electron chi connectivity index (χ3n) is 2.76. The van der Waals surface area contributed by atoms with E-state index in [9.17, 15) is 0 Å². The Morgan fingerprint density at radius 2 is 2.00 bits per heavy atom. The van der Waals surface area contributed by atoms with Crippen molar-refractivity contribution in [3.8, 4) is 5.69 Å². The first kappa shape index (κ1) is 12.0. The Bertz CT molecular complexity index is 531. The average Bonchev–Trinajstić information content (AvgIpc) is 2.72. The van der Waals surface area contributed by atoms with Gasteiger partial charge in [-0.15, -0.1) is 0 Å². The van der Waals surface area contributed by atoms with Crippen molar-refractivity contribution in [3.05, 3.63) is 40.7 Å². The fourth-order valence-electron chi connectivity index (χ4n) is 1.80. The van der Waals surface area contributed by atoms with Crippen LogP contribution in [0.2, 0.25) is 5.02 Å². The van der Waals surface area contributed by atoms with E-state index < -0.39 is 0 Å². The summed E-state index contributed by atoms with van der Waals surface area (Å²) in [6.45, 7) is 4.20. The van der Waals surface area contributed by atoms with E-state index in [0.717, 1.165) is 29.9 Å². The molecular weight excluding hydrogens is 234 g/mol. The molecule has 2 N–H and O–H groups in total. The number of halogens is 1. The molecule has 0 unspecified atom stereocenters. The fourth-order valence-corrected chi connectivity index (χ4v) is 2.07. The van der Waals surface area contributed by atoms with Crippen molar-refractivity contribution >= 4 is 17.3 Å². The Labute approximate surface area is 106 Å². The predicted molar refractivity (Wildman–Crippen MR) is 71.7 cm³/mol. The molecule has 4 heteroatoms. The Morgan fingerprint density at radius 1 is 1.24 bits per heavy atom. The number of nitrogen functional groups attached to an aromatic ring is 1. The van der Waals surface area contributed by atoms with Gasteiger partial charge in [-0.2, -0.15) is 5.10 Å². The third-order valence-corrected chi connectivity index (χ3v) is 3.06. The molecule has 1 aromatic heterocycles. The number of hydrogen-bond acceptors (Lipinski definition) is 2. The Hall–Kier alpha value is -1.48. The first-order chi connectivity index (χ1) is 8.15. The summed E-state index contributed by atoms with van der Waals surface area (Å²) < 4.78 is 1.90. The van der Waals surface area contributed by atoms with Crippen LogP contribution in [0, 0.1) is 0 Å². The maximum Gasteiger partial charge on any atom is 0.0836 e. The second kappa shape index (κ2) is 4.80. The van der Waals surface area contributed by atoms with Crippen LogP contribution in [-0.4, -0.2) is 9.78 Å². The molecule has 3 nitrogen and oxygen atoms in total. The second-order valence-corrected chi connectivity index (χ2v) is 4.36. The second-order valence-electron chi connectivity index (χ2n) is 3.96. The summed E-state index contributed by atoms with van der Waals surface area (Å²) in [5, 5.41) is 5.18. The molecule has 0 atom stereocenters. The summed E-state index contributed by atoms with van der Waals surface area (Å²) in [7, 11) is 0. The monoisotopic (exact) mass is 249 g/mol. The van der Waals surface area contributed by atoms with E-state index in [1.807, 2.05) is 16.8 Å². The molecule has 0 bridgehead atoms. The van der Waals surface area contributed by atoms with Crippen LogP contribution >= 0.6 is 11.6 Å². The minimum atomic E-state index is 0.630. The first-order valence-corrected chi connectivity index (χ1v) is 6.16. The van der Waals surface area contributed by atoms with Gasteiger partial charge in [0, 0.05) is 11.4 Å². The SMILES string of the molecule is CCc1cc(CC)n(-c2ccc(N)cc2Cl)n1. The number of anilines is 1. The minimum Gasteiger partial charge on any atom is -0.399 e. The fraction of sp³-hybridized carbons (Fsp3) is 0.308. The lowest BCUT2D eigenvalue weighted by atomic mass is 10.2. The van der Waals surface area contributed by atoms with E-state index in [4.69, 9.17) is 17.3 Å². The van der Waals surface area contributed by atoms with Crippen molar-refractivity contribution in [2.45, 2.75) is 26.7 Å². The van der Waals surface area contributed by atoms with Gasteiger partial charge in [-0.05, 0) is 37.1 Å². The lowest BCUT2D eigenvalue weighted by Crippen LogP contribution is -2.02. The zero-order chi connectivity index (χ0) is 12.4. The zero-order valence-electron chi connectivity index (χ0n) is 10.1. The van der Waals surface area contributed by atoms with Gasteiger partial charge < -0.3 is 5.73 Å². The van der Waals surface area contributed by atoms with Gasteiger partial charge in [0.25, 0.3) is 0 Å². The van der Waals surface area contributed by atoms with E-state index in [1.54, 1.807) is 6.07 Å². The molecule has 2 rings (SSSR count). The van der Waals surface area contributed by atoms with Crippen LogP contribution in [0.15, 0.2) is 24.3 Å². The van der Waals surface area contributed by atoms with Gasteiger partial charge >= 0.3 is 0 Å². The largest absolute Gasteiger partial charge is 0.399 e. The van der Waals surface area contributed by atoms with Gasteiger partial charge in [-0.25, -0.2) is 4.68 Å². The van der Waals surface area contributed by atoms with Crippen LogP contribution in [0.4, 0.5) is 5.69 Å². The highest BCUT2D eigenvalue weighted by Crippen LogP contribution is 2.24. The lowest BCUT2D eigenvalue weighted by Gasteiger charge is -2.08. The van der Waals surface area contributed by atoms with E-state index >= 15 is 0 Å². The summed E-state index contributed by atoms with van der Waals surface area (Å²) in [6.07, 6.45) is 1.85. The summed E-state index contributed by atoms with van der Waals surface area (Å²) in [4.78, 5) is 0. The zero-order valence-corrected chi connectivity index (χ0v) is 10.8. The van der Waals surface area contributed by atoms with Gasteiger partial charge in [0.2, 0.25) is 0 Å². The topological polar surface area (TPSA) is 43.8 Å². The lowest BCUT2D eigenvalue weighted by molar-refractivity contribution is 0.794. The Kier molecular flexibility index (Phi) is 3.38. The van der Waals surface area contributed by atoms with Gasteiger partial charge in [0.05, 0.1) is 16.4 Å². The number of aromatic nitrogens is 2. The molecule has 1 heterocycles. The highest BCUT2D eigenvalue weighted by atomic mass is 35.5. The molecule has 17 heavy (non-hydrogen) atoms. The molecule has 0 aliphatic heterocycles. The maximum absolute atomic E-state index is 6.20. The summed E-state index contributed by atoms with van der Waals surface area (Å²) in [6, 6.07) is 7.62. The standard InChI is InChI=1S/C13H16ClN3/c1-3-10-8-11(4-2)17(16-10)13-6-5-9(15)7-12(13)14/h5-8H,3-4,15H2,1-2H3.